The molecule has 2 aromatic carbocycles. The molecule has 0 unspecified atom stereocenters. The van der Waals surface area contributed by atoms with Gasteiger partial charge in [0.1, 0.15) is 0 Å². The van der Waals surface area contributed by atoms with E-state index in [1.54, 1.807) is 6.08 Å². The molecule has 2 aliphatic heterocycles. The quantitative estimate of drug-likeness (QED) is 0.667. The number of carbonyl (C=O) groups excluding carboxylic acids is 1. The molecule has 0 bridgehead atoms. The normalized spacial score (nSPS) is 29.4. The molecule has 30 heavy (non-hydrogen) atoms. The summed E-state index contributed by atoms with van der Waals surface area (Å²) >= 11 is 0. The van der Waals surface area contributed by atoms with Crippen molar-refractivity contribution in [2.45, 2.75) is 44.1 Å². The van der Waals surface area contributed by atoms with Gasteiger partial charge in [0, 0.05) is 37.8 Å². The first-order chi connectivity index (χ1) is 14.7. The first kappa shape index (κ1) is 19.6. The van der Waals surface area contributed by atoms with Crippen molar-refractivity contribution in [3.05, 3.63) is 77.9 Å². The van der Waals surface area contributed by atoms with Crippen LogP contribution in [0.4, 0.5) is 0 Å². The van der Waals surface area contributed by atoms with Crippen molar-refractivity contribution in [2.24, 2.45) is 5.41 Å². The van der Waals surface area contributed by atoms with Gasteiger partial charge in [-0.25, -0.2) is 0 Å². The highest BCUT2D eigenvalue weighted by Gasteiger charge is 2.50. The number of carbonyl (C=O) groups is 1. The van der Waals surface area contributed by atoms with Crippen LogP contribution in [0.15, 0.2) is 66.7 Å². The van der Waals surface area contributed by atoms with Crippen molar-refractivity contribution >= 4 is 12.0 Å². The minimum absolute atomic E-state index is 0.165. The minimum atomic E-state index is 0.165. The van der Waals surface area contributed by atoms with Crippen LogP contribution in [0, 0.1) is 5.41 Å². The molecule has 5 rings (SSSR count). The lowest BCUT2D eigenvalue weighted by atomic mass is 9.63. The summed E-state index contributed by atoms with van der Waals surface area (Å²) in [7, 11) is 0. The highest BCUT2D eigenvalue weighted by molar-refractivity contribution is 5.92. The maximum Gasteiger partial charge on any atom is 0.246 e. The van der Waals surface area contributed by atoms with E-state index in [4.69, 9.17) is 0 Å². The van der Waals surface area contributed by atoms with E-state index in [1.165, 1.54) is 50.8 Å². The highest BCUT2D eigenvalue weighted by atomic mass is 16.2. The van der Waals surface area contributed by atoms with Gasteiger partial charge in [-0.1, -0.05) is 60.7 Å². The molecular weight excluding hydrogens is 368 g/mol. The van der Waals surface area contributed by atoms with Gasteiger partial charge in [-0.2, -0.15) is 0 Å². The van der Waals surface area contributed by atoms with Gasteiger partial charge in [-0.05, 0) is 61.1 Å². The highest BCUT2D eigenvalue weighted by Crippen LogP contribution is 2.53. The Bertz CT molecular complexity index is 893. The van der Waals surface area contributed by atoms with Crippen LogP contribution >= 0.6 is 0 Å². The second-order valence-corrected chi connectivity index (χ2v) is 9.49. The summed E-state index contributed by atoms with van der Waals surface area (Å²) in [5, 5.41) is 0. The summed E-state index contributed by atoms with van der Waals surface area (Å²) in [5.41, 5.74) is 3.12. The zero-order valence-corrected chi connectivity index (χ0v) is 17.8. The van der Waals surface area contributed by atoms with Crippen LogP contribution < -0.4 is 0 Å². The SMILES string of the molecule is O=C(/C=C/c1ccccc1)N1CCC2(CCC(c3ccccc3)(N3CCC3)CC2)C1. The largest absolute Gasteiger partial charge is 0.339 e. The molecule has 1 spiro atoms. The average Bonchev–Trinajstić information content (AvgIpc) is 3.18. The molecule has 3 aliphatic rings. The maximum atomic E-state index is 12.8. The van der Waals surface area contributed by atoms with Crippen molar-refractivity contribution in [1.29, 1.82) is 0 Å². The summed E-state index contributed by atoms with van der Waals surface area (Å²) in [6, 6.07) is 21.3. The van der Waals surface area contributed by atoms with Gasteiger partial charge >= 0.3 is 0 Å². The van der Waals surface area contributed by atoms with E-state index in [1.807, 2.05) is 36.4 Å². The third kappa shape index (κ3) is 3.60. The van der Waals surface area contributed by atoms with Crippen molar-refractivity contribution < 1.29 is 4.79 Å². The van der Waals surface area contributed by atoms with Crippen molar-refractivity contribution in [3.8, 4) is 0 Å². The van der Waals surface area contributed by atoms with E-state index in [2.05, 4.69) is 40.1 Å². The van der Waals surface area contributed by atoms with E-state index < -0.39 is 0 Å². The first-order valence-corrected chi connectivity index (χ1v) is 11.5. The number of benzene rings is 2. The van der Waals surface area contributed by atoms with E-state index in [9.17, 15) is 4.79 Å². The Morgan fingerprint density at radius 1 is 0.800 bits per heavy atom. The Morgan fingerprint density at radius 3 is 2.10 bits per heavy atom. The monoisotopic (exact) mass is 400 g/mol. The fourth-order valence-corrected chi connectivity index (χ4v) is 5.84. The van der Waals surface area contributed by atoms with Gasteiger partial charge in [0.15, 0.2) is 0 Å². The van der Waals surface area contributed by atoms with Crippen LogP contribution in [0.1, 0.15) is 49.7 Å². The molecular formula is C27H32N2O. The second-order valence-electron chi connectivity index (χ2n) is 9.49. The lowest BCUT2D eigenvalue weighted by Crippen LogP contribution is -2.56. The topological polar surface area (TPSA) is 23.6 Å². The summed E-state index contributed by atoms with van der Waals surface area (Å²) in [6.45, 7) is 4.30. The Kier molecular flexibility index (Phi) is 5.24. The summed E-state index contributed by atoms with van der Waals surface area (Å²) in [6.07, 6.45) is 11.1. The van der Waals surface area contributed by atoms with Crippen molar-refractivity contribution in [1.82, 2.24) is 9.80 Å². The summed E-state index contributed by atoms with van der Waals surface area (Å²) in [4.78, 5) is 17.6. The van der Waals surface area contributed by atoms with Gasteiger partial charge in [0.25, 0.3) is 0 Å². The number of hydrogen-bond donors (Lipinski definition) is 0. The van der Waals surface area contributed by atoms with Crippen LogP contribution in [0.5, 0.6) is 0 Å². The Hall–Kier alpha value is -2.39. The van der Waals surface area contributed by atoms with Gasteiger partial charge in [0.05, 0.1) is 0 Å². The number of amides is 1. The number of rotatable bonds is 4. The fourth-order valence-electron chi connectivity index (χ4n) is 5.84. The molecule has 0 radical (unpaired) electrons. The molecule has 0 aromatic heterocycles. The number of hydrogen-bond acceptors (Lipinski definition) is 2. The molecule has 3 fully saturated rings. The number of nitrogens with zero attached hydrogens (tertiary/aromatic N) is 2. The molecule has 2 aromatic rings. The lowest BCUT2D eigenvalue weighted by molar-refractivity contribution is -0.125. The molecule has 1 saturated carbocycles. The van der Waals surface area contributed by atoms with Crippen LogP contribution in [0.25, 0.3) is 6.08 Å². The van der Waals surface area contributed by atoms with E-state index in [-0.39, 0.29) is 11.4 Å². The van der Waals surface area contributed by atoms with E-state index >= 15 is 0 Å². The first-order valence-electron chi connectivity index (χ1n) is 11.5. The minimum Gasteiger partial charge on any atom is -0.339 e. The zero-order chi connectivity index (χ0) is 20.4. The lowest BCUT2D eigenvalue weighted by Gasteiger charge is -2.54. The maximum absolute atomic E-state index is 12.8. The van der Waals surface area contributed by atoms with Crippen LogP contribution in [-0.2, 0) is 10.3 Å². The van der Waals surface area contributed by atoms with Gasteiger partial charge in [-0.15, -0.1) is 0 Å². The summed E-state index contributed by atoms with van der Waals surface area (Å²) in [5.74, 6) is 0.165. The number of likely N-dealkylation sites (tertiary alicyclic amines) is 2. The molecule has 3 heteroatoms. The van der Waals surface area contributed by atoms with E-state index in [0.717, 1.165) is 25.1 Å². The fraction of sp³-hybridized carbons (Fsp3) is 0.444. The standard InChI is InChI=1S/C27H32N2O/c30-25(13-12-23-8-3-1-4-9-23)28-21-18-26(22-28)14-16-27(17-15-26,29-19-7-20-29)24-10-5-2-6-11-24/h1-6,8-13H,7,14-22H2/b13-12+. The molecule has 1 aliphatic carbocycles. The Morgan fingerprint density at radius 2 is 1.47 bits per heavy atom. The Labute approximate surface area is 180 Å². The van der Waals surface area contributed by atoms with Crippen LogP contribution in [0.3, 0.4) is 0 Å². The van der Waals surface area contributed by atoms with Gasteiger partial charge in [0.2, 0.25) is 5.91 Å². The van der Waals surface area contributed by atoms with Crippen LogP contribution in [0.2, 0.25) is 0 Å². The molecule has 2 heterocycles. The predicted molar refractivity (Wildman–Crippen MR) is 122 cm³/mol. The molecule has 0 N–H and O–H groups in total. The Balaban J connectivity index is 1.26. The molecule has 3 nitrogen and oxygen atoms in total. The van der Waals surface area contributed by atoms with Crippen molar-refractivity contribution in [2.75, 3.05) is 26.2 Å². The second kappa shape index (κ2) is 8.03. The van der Waals surface area contributed by atoms with Crippen molar-refractivity contribution in [3.63, 3.8) is 0 Å². The molecule has 2 saturated heterocycles. The van der Waals surface area contributed by atoms with Gasteiger partial charge < -0.3 is 4.90 Å². The third-order valence-electron chi connectivity index (χ3n) is 7.88. The predicted octanol–water partition coefficient (Wildman–Crippen LogP) is 5.09. The smallest absolute Gasteiger partial charge is 0.246 e. The van der Waals surface area contributed by atoms with Gasteiger partial charge in [-0.3, -0.25) is 9.69 Å². The molecule has 1 amide bonds. The average molecular weight is 401 g/mol. The summed E-state index contributed by atoms with van der Waals surface area (Å²) < 4.78 is 0. The molecule has 0 atom stereocenters. The third-order valence-corrected chi connectivity index (χ3v) is 7.88. The van der Waals surface area contributed by atoms with Crippen LogP contribution in [-0.4, -0.2) is 41.9 Å². The van der Waals surface area contributed by atoms with E-state index in [0.29, 0.717) is 5.41 Å². The molecule has 156 valence electrons. The zero-order valence-electron chi connectivity index (χ0n) is 17.8.